The van der Waals surface area contributed by atoms with E-state index >= 15 is 0 Å². The van der Waals surface area contributed by atoms with E-state index in [1.54, 1.807) is 0 Å². The predicted octanol–water partition coefficient (Wildman–Crippen LogP) is 1.66. The molecule has 1 fully saturated rings. The normalized spacial score (nSPS) is 19.4. The van der Waals surface area contributed by atoms with E-state index < -0.39 is 0 Å². The van der Waals surface area contributed by atoms with Crippen molar-refractivity contribution in [2.24, 2.45) is 11.8 Å². The molecule has 1 atom stereocenters. The van der Waals surface area contributed by atoms with Crippen molar-refractivity contribution in [3.8, 4) is 0 Å². The molecule has 118 valence electrons. The van der Waals surface area contributed by atoms with Gasteiger partial charge in [0.15, 0.2) is 0 Å². The highest BCUT2D eigenvalue weighted by molar-refractivity contribution is 5.79. The molecule has 0 unspecified atom stereocenters. The number of nitrogens with zero attached hydrogens (tertiary/aromatic N) is 2. The van der Waals surface area contributed by atoms with Crippen molar-refractivity contribution < 1.29 is 4.79 Å². The number of likely N-dealkylation sites (tertiary alicyclic amines) is 1. The van der Waals surface area contributed by atoms with E-state index in [1.165, 1.54) is 13.0 Å². The van der Waals surface area contributed by atoms with E-state index in [1.807, 2.05) is 13.8 Å². The van der Waals surface area contributed by atoms with E-state index in [0.717, 1.165) is 36.6 Å². The zero-order valence-corrected chi connectivity index (χ0v) is 13.7. The summed E-state index contributed by atoms with van der Waals surface area (Å²) >= 11 is 0. The van der Waals surface area contributed by atoms with Gasteiger partial charge in [-0.15, -0.1) is 0 Å². The van der Waals surface area contributed by atoms with E-state index in [9.17, 15) is 4.79 Å². The highest BCUT2D eigenvalue weighted by Crippen LogP contribution is 2.17. The first-order valence-electron chi connectivity index (χ1n) is 7.95. The number of rotatable bonds is 6. The van der Waals surface area contributed by atoms with Crippen LogP contribution in [-0.2, 0) is 11.2 Å². The van der Waals surface area contributed by atoms with Crippen molar-refractivity contribution in [3.05, 3.63) is 17.0 Å². The number of amides is 1. The lowest BCUT2D eigenvalue weighted by Gasteiger charge is -2.18. The second-order valence-corrected chi connectivity index (χ2v) is 6.70. The molecule has 0 bridgehead atoms. The van der Waals surface area contributed by atoms with Crippen molar-refractivity contribution in [1.82, 2.24) is 20.4 Å². The smallest absolute Gasteiger partial charge is 0.224 e. The van der Waals surface area contributed by atoms with Gasteiger partial charge < -0.3 is 10.2 Å². The lowest BCUT2D eigenvalue weighted by atomic mass is 10.1. The van der Waals surface area contributed by atoms with Gasteiger partial charge in [-0.3, -0.25) is 9.89 Å². The number of carbonyl (C=O) groups excluding carboxylic acids is 1. The average molecular weight is 292 g/mol. The lowest BCUT2D eigenvalue weighted by molar-refractivity contribution is -0.120. The molecule has 0 aliphatic carbocycles. The molecule has 2 heterocycles. The van der Waals surface area contributed by atoms with E-state index in [4.69, 9.17) is 0 Å². The molecule has 1 aromatic rings. The van der Waals surface area contributed by atoms with Gasteiger partial charge in [0.1, 0.15) is 0 Å². The van der Waals surface area contributed by atoms with Crippen LogP contribution in [0.5, 0.6) is 0 Å². The first-order chi connectivity index (χ1) is 9.95. The maximum absolute atomic E-state index is 12.1. The minimum Gasteiger partial charge on any atom is -0.355 e. The Morgan fingerprint density at radius 1 is 1.48 bits per heavy atom. The molecule has 0 saturated carbocycles. The third-order valence-electron chi connectivity index (χ3n) is 4.20. The summed E-state index contributed by atoms with van der Waals surface area (Å²) in [5.41, 5.74) is 2.94. The van der Waals surface area contributed by atoms with Crippen LogP contribution in [0.4, 0.5) is 0 Å². The van der Waals surface area contributed by atoms with Crippen LogP contribution in [0.25, 0.3) is 0 Å². The Balaban J connectivity index is 1.73. The number of H-pyrrole nitrogens is 1. The zero-order chi connectivity index (χ0) is 15.4. The van der Waals surface area contributed by atoms with Crippen molar-refractivity contribution in [3.63, 3.8) is 0 Å². The monoisotopic (exact) mass is 292 g/mol. The standard InChI is InChI=1S/C16H28N4O/c1-11(2)9-20-6-5-14(10-20)8-17-16(21)7-15-12(3)18-19-13(15)4/h11,14H,5-10H2,1-4H3,(H,17,21)(H,18,19)/t14-/m1/s1. The van der Waals surface area contributed by atoms with E-state index in [2.05, 4.69) is 34.3 Å². The summed E-state index contributed by atoms with van der Waals surface area (Å²) in [6.07, 6.45) is 1.62. The number of nitrogens with one attached hydrogen (secondary N) is 2. The molecule has 1 saturated heterocycles. The summed E-state index contributed by atoms with van der Waals surface area (Å²) < 4.78 is 0. The fourth-order valence-electron chi connectivity index (χ4n) is 3.08. The molecule has 2 rings (SSSR count). The number of carbonyl (C=O) groups is 1. The number of hydrogen-bond acceptors (Lipinski definition) is 3. The molecule has 1 amide bonds. The maximum Gasteiger partial charge on any atom is 0.224 e. The Morgan fingerprint density at radius 3 is 2.86 bits per heavy atom. The Kier molecular flexibility index (Phi) is 5.39. The molecular weight excluding hydrogens is 264 g/mol. The van der Waals surface area contributed by atoms with Gasteiger partial charge in [-0.1, -0.05) is 13.8 Å². The van der Waals surface area contributed by atoms with Crippen molar-refractivity contribution in [2.75, 3.05) is 26.2 Å². The fourth-order valence-corrected chi connectivity index (χ4v) is 3.08. The molecule has 0 radical (unpaired) electrons. The Bertz CT molecular complexity index is 461. The van der Waals surface area contributed by atoms with Crippen LogP contribution >= 0.6 is 0 Å². The molecule has 1 aliphatic rings. The Labute approximate surface area is 127 Å². The van der Waals surface area contributed by atoms with Crippen molar-refractivity contribution in [1.29, 1.82) is 0 Å². The Hall–Kier alpha value is -1.36. The Morgan fingerprint density at radius 2 is 2.24 bits per heavy atom. The molecule has 5 heteroatoms. The molecular formula is C16H28N4O. The van der Waals surface area contributed by atoms with E-state index in [0.29, 0.717) is 18.3 Å². The maximum atomic E-state index is 12.1. The number of aromatic nitrogens is 2. The molecule has 21 heavy (non-hydrogen) atoms. The second kappa shape index (κ2) is 7.07. The van der Waals surface area contributed by atoms with Crippen LogP contribution in [-0.4, -0.2) is 47.2 Å². The van der Waals surface area contributed by atoms with Crippen LogP contribution in [0, 0.1) is 25.7 Å². The van der Waals surface area contributed by atoms with Gasteiger partial charge in [0, 0.05) is 30.9 Å². The SMILES string of the molecule is Cc1n[nH]c(C)c1CC(=O)NC[C@H]1CCN(CC(C)C)C1. The summed E-state index contributed by atoms with van der Waals surface area (Å²) in [5, 5.41) is 10.1. The molecule has 0 spiro atoms. The zero-order valence-electron chi connectivity index (χ0n) is 13.7. The summed E-state index contributed by atoms with van der Waals surface area (Å²) in [6, 6.07) is 0. The topological polar surface area (TPSA) is 61.0 Å². The molecule has 5 nitrogen and oxygen atoms in total. The minimum atomic E-state index is 0.102. The predicted molar refractivity (Wildman–Crippen MR) is 84.2 cm³/mol. The summed E-state index contributed by atoms with van der Waals surface area (Å²) in [4.78, 5) is 14.6. The van der Waals surface area contributed by atoms with Crippen molar-refractivity contribution in [2.45, 2.75) is 40.5 Å². The second-order valence-electron chi connectivity index (χ2n) is 6.70. The number of aryl methyl sites for hydroxylation is 2. The van der Waals surface area contributed by atoms with E-state index in [-0.39, 0.29) is 5.91 Å². The van der Waals surface area contributed by atoms with Gasteiger partial charge in [0.25, 0.3) is 0 Å². The largest absolute Gasteiger partial charge is 0.355 e. The first-order valence-corrected chi connectivity index (χ1v) is 7.95. The van der Waals surface area contributed by atoms with Crippen LogP contribution in [0.1, 0.15) is 37.2 Å². The van der Waals surface area contributed by atoms with Crippen molar-refractivity contribution >= 4 is 5.91 Å². The first kappa shape index (κ1) is 16.0. The quantitative estimate of drug-likeness (QED) is 0.838. The summed E-state index contributed by atoms with van der Waals surface area (Å²) in [7, 11) is 0. The number of aromatic amines is 1. The summed E-state index contributed by atoms with van der Waals surface area (Å²) in [5.74, 6) is 1.41. The highest BCUT2D eigenvalue weighted by Gasteiger charge is 2.23. The third kappa shape index (κ3) is 4.56. The van der Waals surface area contributed by atoms with Gasteiger partial charge in [0.05, 0.1) is 12.1 Å². The van der Waals surface area contributed by atoms with Gasteiger partial charge in [0.2, 0.25) is 5.91 Å². The van der Waals surface area contributed by atoms with Crippen LogP contribution in [0.2, 0.25) is 0 Å². The molecule has 1 aliphatic heterocycles. The van der Waals surface area contributed by atoms with Gasteiger partial charge in [-0.25, -0.2) is 0 Å². The van der Waals surface area contributed by atoms with Gasteiger partial charge in [-0.2, -0.15) is 5.10 Å². The van der Waals surface area contributed by atoms with Crippen LogP contribution < -0.4 is 5.32 Å². The molecule has 2 N–H and O–H groups in total. The van der Waals surface area contributed by atoms with Gasteiger partial charge >= 0.3 is 0 Å². The van der Waals surface area contributed by atoms with Crippen LogP contribution in [0.3, 0.4) is 0 Å². The fraction of sp³-hybridized carbons (Fsp3) is 0.750. The third-order valence-corrected chi connectivity index (χ3v) is 4.20. The molecule has 0 aromatic carbocycles. The highest BCUT2D eigenvalue weighted by atomic mass is 16.1. The number of hydrogen-bond donors (Lipinski definition) is 2. The minimum absolute atomic E-state index is 0.102. The lowest BCUT2D eigenvalue weighted by Crippen LogP contribution is -2.32. The summed E-state index contributed by atoms with van der Waals surface area (Å²) in [6.45, 7) is 12.6. The van der Waals surface area contributed by atoms with Gasteiger partial charge in [-0.05, 0) is 38.6 Å². The van der Waals surface area contributed by atoms with Crippen LogP contribution in [0.15, 0.2) is 0 Å². The average Bonchev–Trinajstić information content (AvgIpc) is 2.97. The molecule has 1 aromatic heterocycles.